The van der Waals surface area contributed by atoms with Gasteiger partial charge < -0.3 is 10.6 Å². The fraction of sp³-hybridized carbons (Fsp3) is 0.524. The molecule has 3 atom stereocenters. The van der Waals surface area contributed by atoms with E-state index in [-0.39, 0.29) is 24.0 Å². The highest BCUT2D eigenvalue weighted by atomic mass is 35.5. The highest BCUT2D eigenvalue weighted by molar-refractivity contribution is 6.30. The largest absolute Gasteiger partial charge is 0.410 e. The molecule has 2 aliphatic heterocycles. The molecule has 3 heterocycles. The Bertz CT molecular complexity index is 930. The van der Waals surface area contributed by atoms with E-state index in [0.717, 1.165) is 30.6 Å². The van der Waals surface area contributed by atoms with Crippen LogP contribution in [0.3, 0.4) is 0 Å². The summed E-state index contributed by atoms with van der Waals surface area (Å²) in [5, 5.41) is 10.5. The van der Waals surface area contributed by atoms with Gasteiger partial charge in [0.15, 0.2) is 11.7 Å². The number of nitrogens with zero attached hydrogens (tertiary/aromatic N) is 3. The summed E-state index contributed by atoms with van der Waals surface area (Å²) in [4.78, 5) is 14.9. The molecule has 1 aromatic heterocycles. The van der Waals surface area contributed by atoms with Crippen LogP contribution < -0.4 is 10.6 Å². The third-order valence-corrected chi connectivity index (χ3v) is 6.35. The summed E-state index contributed by atoms with van der Waals surface area (Å²) in [7, 11) is 0. The van der Waals surface area contributed by atoms with Crippen molar-refractivity contribution in [3.8, 4) is 0 Å². The van der Waals surface area contributed by atoms with Crippen LogP contribution in [0.25, 0.3) is 0 Å². The van der Waals surface area contributed by atoms with Crippen LogP contribution in [0.4, 0.5) is 19.0 Å². The number of alkyl halides is 3. The van der Waals surface area contributed by atoms with Crippen LogP contribution in [0.5, 0.6) is 0 Å². The van der Waals surface area contributed by atoms with Gasteiger partial charge in [-0.3, -0.25) is 9.69 Å². The molecule has 0 aliphatic carbocycles. The van der Waals surface area contributed by atoms with Crippen molar-refractivity contribution in [1.82, 2.24) is 20.0 Å². The van der Waals surface area contributed by atoms with E-state index in [4.69, 9.17) is 11.6 Å². The van der Waals surface area contributed by atoms with Crippen LogP contribution in [0.2, 0.25) is 5.02 Å². The Hall–Kier alpha value is -2.26. The van der Waals surface area contributed by atoms with E-state index in [1.54, 1.807) is 24.3 Å². The van der Waals surface area contributed by atoms with E-state index in [1.165, 1.54) is 6.07 Å². The molecule has 2 aromatic rings. The molecule has 0 spiro atoms. The Labute approximate surface area is 183 Å². The van der Waals surface area contributed by atoms with Crippen molar-refractivity contribution in [2.24, 2.45) is 0 Å². The van der Waals surface area contributed by atoms with Crippen molar-refractivity contribution < 1.29 is 18.0 Å². The molecule has 0 saturated carbocycles. The van der Waals surface area contributed by atoms with Crippen molar-refractivity contribution in [1.29, 1.82) is 0 Å². The van der Waals surface area contributed by atoms with Crippen molar-refractivity contribution in [3.05, 3.63) is 46.6 Å². The first kappa shape index (κ1) is 22.0. The number of hydrogen-bond acceptors (Lipinski definition) is 4. The lowest BCUT2D eigenvalue weighted by Gasteiger charge is -2.33. The molecule has 1 fully saturated rings. The minimum atomic E-state index is -4.49. The second-order valence-electron chi connectivity index (χ2n) is 8.04. The fourth-order valence-electron chi connectivity index (χ4n) is 4.44. The van der Waals surface area contributed by atoms with Crippen LogP contribution in [0, 0.1) is 0 Å². The lowest BCUT2D eigenvalue weighted by molar-refractivity contribution is -0.173. The number of likely N-dealkylation sites (N-methyl/N-ethyl adjacent to an activating group) is 1. The summed E-state index contributed by atoms with van der Waals surface area (Å²) in [5.74, 6) is -0.287. The van der Waals surface area contributed by atoms with Gasteiger partial charge in [-0.25, -0.2) is 4.68 Å². The predicted octanol–water partition coefficient (Wildman–Crippen LogP) is 4.41. The molecule has 10 heteroatoms. The number of carbonyl (C=O) groups is 1. The lowest BCUT2D eigenvalue weighted by atomic mass is 9.97. The number of benzene rings is 1. The van der Waals surface area contributed by atoms with Crippen molar-refractivity contribution in [2.45, 2.75) is 50.5 Å². The molecule has 0 radical (unpaired) electrons. The maximum atomic E-state index is 13.8. The van der Waals surface area contributed by atoms with Gasteiger partial charge >= 0.3 is 6.18 Å². The number of carbonyl (C=O) groups excluding carboxylic acids is 1. The van der Waals surface area contributed by atoms with Gasteiger partial charge in [-0.05, 0) is 43.6 Å². The molecule has 1 saturated heterocycles. The van der Waals surface area contributed by atoms with Crippen LogP contribution >= 0.6 is 11.6 Å². The Kier molecular flexibility index (Phi) is 6.16. The third kappa shape index (κ3) is 4.67. The van der Waals surface area contributed by atoms with Crippen LogP contribution in [0.15, 0.2) is 30.3 Å². The summed E-state index contributed by atoms with van der Waals surface area (Å²) in [6, 6.07) is 5.95. The Morgan fingerprint density at radius 2 is 2.06 bits per heavy atom. The minimum absolute atomic E-state index is 0.0189. The lowest BCUT2D eigenvalue weighted by Crippen LogP contribution is -2.40. The van der Waals surface area contributed by atoms with Gasteiger partial charge in [0.1, 0.15) is 5.82 Å². The van der Waals surface area contributed by atoms with E-state index >= 15 is 0 Å². The number of amides is 1. The van der Waals surface area contributed by atoms with Crippen molar-refractivity contribution in [3.63, 3.8) is 0 Å². The highest BCUT2D eigenvalue weighted by Crippen LogP contribution is 2.43. The zero-order valence-corrected chi connectivity index (χ0v) is 17.9. The first-order valence-corrected chi connectivity index (χ1v) is 10.8. The summed E-state index contributed by atoms with van der Waals surface area (Å²) in [6.07, 6.45) is -2.65. The molecule has 1 amide bonds. The van der Waals surface area contributed by atoms with Crippen LogP contribution in [-0.4, -0.2) is 52.4 Å². The number of nitrogens with one attached hydrogen (secondary N) is 2. The maximum Gasteiger partial charge on any atom is 0.410 e. The average Bonchev–Trinajstić information content (AvgIpc) is 3.37. The number of likely N-dealkylation sites (tertiary alicyclic amines) is 1. The minimum Gasteiger partial charge on any atom is -0.363 e. The summed E-state index contributed by atoms with van der Waals surface area (Å²) in [5.41, 5.74) is 0.674. The molecule has 2 aliphatic rings. The number of hydrogen-bond donors (Lipinski definition) is 2. The fourth-order valence-corrected chi connectivity index (χ4v) is 4.57. The molecule has 1 aromatic carbocycles. The van der Waals surface area contributed by atoms with E-state index in [1.807, 2.05) is 0 Å². The summed E-state index contributed by atoms with van der Waals surface area (Å²) < 4.78 is 42.3. The Balaban J connectivity index is 1.53. The predicted molar refractivity (Wildman–Crippen MR) is 112 cm³/mol. The zero-order valence-electron chi connectivity index (χ0n) is 17.1. The topological polar surface area (TPSA) is 62.2 Å². The van der Waals surface area contributed by atoms with Gasteiger partial charge in [0.05, 0.1) is 6.04 Å². The molecule has 4 rings (SSSR count). The van der Waals surface area contributed by atoms with E-state index < -0.39 is 24.2 Å². The van der Waals surface area contributed by atoms with Crippen molar-refractivity contribution in [2.75, 3.05) is 25.0 Å². The quantitative estimate of drug-likeness (QED) is 0.701. The molecule has 31 heavy (non-hydrogen) atoms. The first-order chi connectivity index (χ1) is 14.8. The SMILES string of the molecule is CCN1CCCC1CNC(=O)c1cc2n(n1)C(C(F)(F)F)CC(c1ccc(Cl)cc1)N2. The molecule has 6 nitrogen and oxygen atoms in total. The Morgan fingerprint density at radius 3 is 2.74 bits per heavy atom. The maximum absolute atomic E-state index is 13.8. The van der Waals surface area contributed by atoms with Gasteiger partial charge in [-0.1, -0.05) is 30.7 Å². The van der Waals surface area contributed by atoms with E-state index in [9.17, 15) is 18.0 Å². The molecule has 0 bridgehead atoms. The Morgan fingerprint density at radius 1 is 1.32 bits per heavy atom. The van der Waals surface area contributed by atoms with Crippen LogP contribution in [0.1, 0.15) is 54.3 Å². The zero-order chi connectivity index (χ0) is 22.2. The van der Waals surface area contributed by atoms with E-state index in [2.05, 4.69) is 27.6 Å². The average molecular weight is 456 g/mol. The number of fused-ring (bicyclic) bond motifs is 1. The summed E-state index contributed by atoms with van der Waals surface area (Å²) >= 11 is 5.90. The normalized spacial score (nSPS) is 24.0. The van der Waals surface area contributed by atoms with Gasteiger partial charge in [0.25, 0.3) is 5.91 Å². The first-order valence-electron chi connectivity index (χ1n) is 10.5. The number of halogens is 4. The molecular formula is C21H25ClF3N5O. The van der Waals surface area contributed by atoms with Crippen molar-refractivity contribution >= 4 is 23.3 Å². The molecule has 3 unspecified atom stereocenters. The number of anilines is 1. The van der Waals surface area contributed by atoms with Gasteiger partial charge in [-0.15, -0.1) is 0 Å². The second kappa shape index (κ2) is 8.70. The number of aromatic nitrogens is 2. The monoisotopic (exact) mass is 455 g/mol. The second-order valence-corrected chi connectivity index (χ2v) is 8.47. The summed E-state index contributed by atoms with van der Waals surface area (Å²) in [6.45, 7) is 4.43. The van der Waals surface area contributed by atoms with Gasteiger partial charge in [0, 0.05) is 30.1 Å². The molecule has 168 valence electrons. The van der Waals surface area contributed by atoms with E-state index in [0.29, 0.717) is 17.1 Å². The smallest absolute Gasteiger partial charge is 0.363 e. The van der Waals surface area contributed by atoms with Crippen LogP contribution in [-0.2, 0) is 0 Å². The highest BCUT2D eigenvalue weighted by Gasteiger charge is 2.46. The third-order valence-electron chi connectivity index (χ3n) is 6.10. The number of rotatable bonds is 5. The van der Waals surface area contributed by atoms with Gasteiger partial charge in [0.2, 0.25) is 0 Å². The van der Waals surface area contributed by atoms with Gasteiger partial charge in [-0.2, -0.15) is 18.3 Å². The standard InChI is InChI=1S/C21H25ClF3N5O/c1-2-29-9-3-4-15(29)12-26-20(31)17-11-19-27-16(13-5-7-14(22)8-6-13)10-18(21(23,24)25)30(19)28-17/h5-8,11,15-16,18,27H,2-4,9-10,12H2,1H3,(H,26,31). The molecular weight excluding hydrogens is 431 g/mol. The molecule has 2 N–H and O–H groups in total.